The molecule has 1 aliphatic heterocycles. The normalized spacial score (nSPS) is 14.9. The zero-order valence-corrected chi connectivity index (χ0v) is 14.6. The number of benzene rings is 1. The fourth-order valence-corrected chi connectivity index (χ4v) is 2.82. The first-order valence-corrected chi connectivity index (χ1v) is 8.30. The lowest BCUT2D eigenvalue weighted by molar-refractivity contribution is -0.138. The molecule has 1 saturated heterocycles. The van der Waals surface area contributed by atoms with Crippen LogP contribution in [0.2, 0.25) is 0 Å². The van der Waals surface area contributed by atoms with E-state index in [0.717, 1.165) is 10.2 Å². The van der Waals surface area contributed by atoms with Gasteiger partial charge < -0.3 is 15.1 Å². The van der Waals surface area contributed by atoms with Gasteiger partial charge in [-0.2, -0.15) is 0 Å². The first-order valence-electron chi connectivity index (χ1n) is 7.50. The van der Waals surface area contributed by atoms with E-state index in [2.05, 4.69) is 21.2 Å². The highest BCUT2D eigenvalue weighted by atomic mass is 79.9. The van der Waals surface area contributed by atoms with Crippen LogP contribution in [0.25, 0.3) is 0 Å². The highest BCUT2D eigenvalue weighted by Crippen LogP contribution is 2.20. The first kappa shape index (κ1) is 16.8. The number of amides is 2. The molecule has 0 aliphatic carbocycles. The van der Waals surface area contributed by atoms with E-state index in [-0.39, 0.29) is 11.8 Å². The maximum Gasteiger partial charge on any atom is 0.224 e. The van der Waals surface area contributed by atoms with Crippen LogP contribution in [0.4, 0.5) is 5.69 Å². The predicted octanol–water partition coefficient (Wildman–Crippen LogP) is 2.25. The molecule has 22 heavy (non-hydrogen) atoms. The summed E-state index contributed by atoms with van der Waals surface area (Å²) in [6.07, 6.45) is 0.464. The number of carbonyl (C=O) groups excluding carboxylic acids is 2. The number of nitrogens with one attached hydrogen (secondary N) is 1. The lowest BCUT2D eigenvalue weighted by Crippen LogP contribution is -2.50. The third kappa shape index (κ3) is 4.47. The van der Waals surface area contributed by atoms with Crippen molar-refractivity contribution in [3.05, 3.63) is 28.2 Å². The summed E-state index contributed by atoms with van der Waals surface area (Å²) in [7, 11) is 0. The molecule has 0 spiro atoms. The van der Waals surface area contributed by atoms with E-state index < -0.39 is 0 Å². The molecule has 1 aromatic rings. The molecule has 0 unspecified atom stereocenters. The van der Waals surface area contributed by atoms with Crippen molar-refractivity contribution >= 4 is 33.4 Å². The Morgan fingerprint density at radius 2 is 1.82 bits per heavy atom. The largest absolute Gasteiger partial charge is 0.384 e. The Morgan fingerprint density at radius 3 is 2.41 bits per heavy atom. The van der Waals surface area contributed by atoms with Crippen molar-refractivity contribution in [2.75, 3.05) is 38.0 Å². The van der Waals surface area contributed by atoms with Crippen molar-refractivity contribution in [1.82, 2.24) is 9.80 Å². The smallest absolute Gasteiger partial charge is 0.224 e. The van der Waals surface area contributed by atoms with Crippen LogP contribution in [0.3, 0.4) is 0 Å². The monoisotopic (exact) mass is 367 g/mol. The van der Waals surface area contributed by atoms with E-state index in [1.165, 1.54) is 5.56 Å². The summed E-state index contributed by atoms with van der Waals surface area (Å²) in [5.41, 5.74) is 2.19. The molecular weight excluding hydrogens is 346 g/mol. The van der Waals surface area contributed by atoms with Gasteiger partial charge in [-0.1, -0.05) is 22.0 Å². The number of hydrogen-bond acceptors (Lipinski definition) is 3. The van der Waals surface area contributed by atoms with Gasteiger partial charge in [-0.25, -0.2) is 0 Å². The minimum atomic E-state index is 0.0821. The minimum Gasteiger partial charge on any atom is -0.384 e. The van der Waals surface area contributed by atoms with Gasteiger partial charge in [-0.05, 0) is 24.6 Å². The summed E-state index contributed by atoms with van der Waals surface area (Å²) in [4.78, 5) is 27.0. The lowest BCUT2D eigenvalue weighted by atomic mass is 10.2. The number of carbonyl (C=O) groups is 2. The molecule has 0 saturated carbocycles. The first-order chi connectivity index (χ1) is 10.5. The van der Waals surface area contributed by atoms with Crippen molar-refractivity contribution < 1.29 is 9.59 Å². The summed E-state index contributed by atoms with van der Waals surface area (Å²) >= 11 is 3.50. The second-order valence-corrected chi connectivity index (χ2v) is 6.38. The molecule has 1 aromatic carbocycles. The molecule has 1 heterocycles. The van der Waals surface area contributed by atoms with Crippen LogP contribution in [0, 0.1) is 6.92 Å². The van der Waals surface area contributed by atoms with Crippen LogP contribution in [-0.4, -0.2) is 54.3 Å². The molecule has 1 aliphatic rings. The second kappa shape index (κ2) is 7.63. The van der Waals surface area contributed by atoms with Crippen molar-refractivity contribution in [2.45, 2.75) is 20.3 Å². The molecule has 1 fully saturated rings. The van der Waals surface area contributed by atoms with Crippen molar-refractivity contribution in [2.24, 2.45) is 0 Å². The topological polar surface area (TPSA) is 52.7 Å². The van der Waals surface area contributed by atoms with Gasteiger partial charge in [0.25, 0.3) is 0 Å². The third-order valence-corrected chi connectivity index (χ3v) is 4.77. The Bertz CT molecular complexity index is 554. The van der Waals surface area contributed by atoms with Crippen molar-refractivity contribution in [3.63, 3.8) is 0 Å². The Kier molecular flexibility index (Phi) is 5.83. The molecule has 120 valence electrons. The van der Waals surface area contributed by atoms with Gasteiger partial charge in [0, 0.05) is 56.2 Å². The number of halogens is 1. The third-order valence-electron chi connectivity index (χ3n) is 3.92. The summed E-state index contributed by atoms with van der Waals surface area (Å²) in [5, 5.41) is 3.27. The predicted molar refractivity (Wildman–Crippen MR) is 90.8 cm³/mol. The number of aryl methyl sites for hydroxylation is 1. The molecule has 1 N–H and O–H groups in total. The van der Waals surface area contributed by atoms with E-state index >= 15 is 0 Å². The van der Waals surface area contributed by atoms with Crippen LogP contribution in [0.15, 0.2) is 22.7 Å². The van der Waals surface area contributed by atoms with Crippen molar-refractivity contribution in [3.8, 4) is 0 Å². The molecule has 2 amide bonds. The Labute approximate surface area is 139 Å². The van der Waals surface area contributed by atoms with Crippen LogP contribution in [-0.2, 0) is 9.59 Å². The fraction of sp³-hybridized carbons (Fsp3) is 0.500. The second-order valence-electron chi connectivity index (χ2n) is 5.53. The van der Waals surface area contributed by atoms with Crippen molar-refractivity contribution in [1.29, 1.82) is 0 Å². The van der Waals surface area contributed by atoms with E-state index in [0.29, 0.717) is 39.1 Å². The number of hydrogen-bond donors (Lipinski definition) is 1. The molecule has 0 aromatic heterocycles. The average molecular weight is 368 g/mol. The van der Waals surface area contributed by atoms with E-state index in [1.54, 1.807) is 11.8 Å². The summed E-state index contributed by atoms with van der Waals surface area (Å²) in [6, 6.07) is 6.07. The van der Waals surface area contributed by atoms with Gasteiger partial charge in [0.05, 0.1) is 0 Å². The molecule has 0 radical (unpaired) electrons. The molecule has 5 nitrogen and oxygen atoms in total. The number of piperazine rings is 1. The SMILES string of the molecule is CC(=O)N1CCN(C(=O)CCNc2ccc(C)c(Br)c2)CC1. The van der Waals surface area contributed by atoms with Crippen LogP contribution >= 0.6 is 15.9 Å². The summed E-state index contributed by atoms with van der Waals surface area (Å²) in [6.45, 7) is 6.77. The van der Waals surface area contributed by atoms with Gasteiger partial charge in [0.2, 0.25) is 11.8 Å². The Balaban J connectivity index is 1.74. The van der Waals surface area contributed by atoms with Gasteiger partial charge in [-0.15, -0.1) is 0 Å². The molecule has 0 bridgehead atoms. The summed E-state index contributed by atoms with van der Waals surface area (Å²) < 4.78 is 1.06. The maximum absolute atomic E-state index is 12.2. The molecule has 6 heteroatoms. The highest BCUT2D eigenvalue weighted by molar-refractivity contribution is 9.10. The Morgan fingerprint density at radius 1 is 1.18 bits per heavy atom. The van der Waals surface area contributed by atoms with Gasteiger partial charge >= 0.3 is 0 Å². The minimum absolute atomic E-state index is 0.0821. The summed E-state index contributed by atoms with van der Waals surface area (Å²) in [5.74, 6) is 0.223. The molecular formula is C16H22BrN3O2. The maximum atomic E-state index is 12.2. The number of nitrogens with zero attached hydrogens (tertiary/aromatic N) is 2. The highest BCUT2D eigenvalue weighted by Gasteiger charge is 2.21. The zero-order valence-electron chi connectivity index (χ0n) is 13.1. The zero-order chi connectivity index (χ0) is 16.1. The lowest BCUT2D eigenvalue weighted by Gasteiger charge is -2.34. The van der Waals surface area contributed by atoms with Gasteiger partial charge in [0.15, 0.2) is 0 Å². The standard InChI is InChI=1S/C16H22BrN3O2/c1-12-3-4-14(11-15(12)17)18-6-5-16(22)20-9-7-19(8-10-20)13(2)21/h3-4,11,18H,5-10H2,1-2H3. The van der Waals surface area contributed by atoms with Crippen LogP contribution in [0.1, 0.15) is 18.9 Å². The fourth-order valence-electron chi connectivity index (χ4n) is 2.45. The molecule has 2 rings (SSSR count). The average Bonchev–Trinajstić information content (AvgIpc) is 2.51. The van der Waals surface area contributed by atoms with E-state index in [4.69, 9.17) is 0 Å². The van der Waals surface area contributed by atoms with Gasteiger partial charge in [-0.3, -0.25) is 9.59 Å². The quantitative estimate of drug-likeness (QED) is 0.887. The molecule has 0 atom stereocenters. The van der Waals surface area contributed by atoms with Crippen LogP contribution < -0.4 is 5.32 Å². The van der Waals surface area contributed by atoms with E-state index in [9.17, 15) is 9.59 Å². The van der Waals surface area contributed by atoms with Crippen LogP contribution in [0.5, 0.6) is 0 Å². The van der Waals surface area contributed by atoms with Gasteiger partial charge in [0.1, 0.15) is 0 Å². The van der Waals surface area contributed by atoms with E-state index in [1.807, 2.05) is 30.0 Å². The number of anilines is 1. The number of rotatable bonds is 4. The Hall–Kier alpha value is -1.56.